The summed E-state index contributed by atoms with van der Waals surface area (Å²) >= 11 is 0. The Morgan fingerprint density at radius 2 is 1.67 bits per heavy atom. The first-order chi connectivity index (χ1) is 16.0. The summed E-state index contributed by atoms with van der Waals surface area (Å²) in [6.45, 7) is 0. The number of ether oxygens (including phenoxy) is 1. The highest BCUT2D eigenvalue weighted by Crippen LogP contribution is 2.26. The van der Waals surface area contributed by atoms with Gasteiger partial charge in [-0.15, -0.1) is 0 Å². The van der Waals surface area contributed by atoms with Crippen molar-refractivity contribution in [3.63, 3.8) is 0 Å². The molecular weight excluding hydrogens is 420 g/mol. The molecule has 0 aliphatic rings. The van der Waals surface area contributed by atoms with E-state index in [2.05, 4.69) is 15.1 Å². The minimum Gasteiger partial charge on any atom is -0.497 e. The minimum absolute atomic E-state index is 0.0281. The lowest BCUT2D eigenvalue weighted by molar-refractivity contribution is 0.0997. The van der Waals surface area contributed by atoms with Crippen molar-refractivity contribution in [2.24, 2.45) is 4.99 Å². The van der Waals surface area contributed by atoms with E-state index in [0.717, 1.165) is 0 Å². The van der Waals surface area contributed by atoms with E-state index in [1.165, 1.54) is 11.8 Å². The Bertz CT molecular complexity index is 1540. The third-order valence-corrected chi connectivity index (χ3v) is 4.87. The molecule has 0 saturated heterocycles. The van der Waals surface area contributed by atoms with Crippen LogP contribution in [-0.2, 0) is 0 Å². The molecule has 0 atom stereocenters. The van der Waals surface area contributed by atoms with Crippen molar-refractivity contribution in [1.82, 2.24) is 14.8 Å². The Hall–Kier alpha value is -5.22. The number of benzene rings is 2. The topological polar surface area (TPSA) is 169 Å². The average molecular weight is 436 g/mol. The smallest absolute Gasteiger partial charge is 0.279 e. The Balaban J connectivity index is 2.13. The standard InChI is InChI=1S/C23H16N8O2/c1-33-15-9-7-14(8-10-15)31-22(29-23(32)13-5-3-2-4-6-13)17(12-25)19-20(30-31)18(26)16(11-24)21(27)28-19/h2-10H,26H2,1H3,(H2,27,28). The van der Waals surface area contributed by atoms with Gasteiger partial charge in [-0.2, -0.15) is 20.6 Å². The van der Waals surface area contributed by atoms with E-state index in [1.807, 2.05) is 12.1 Å². The second-order valence-corrected chi connectivity index (χ2v) is 6.80. The van der Waals surface area contributed by atoms with Crippen LogP contribution in [0, 0.1) is 22.7 Å². The van der Waals surface area contributed by atoms with Gasteiger partial charge >= 0.3 is 0 Å². The molecule has 0 spiro atoms. The Labute approximate surface area is 187 Å². The van der Waals surface area contributed by atoms with Gasteiger partial charge in [0.15, 0.2) is 5.49 Å². The molecule has 0 unspecified atom stereocenters. The van der Waals surface area contributed by atoms with E-state index in [9.17, 15) is 15.3 Å². The number of amides is 1. The van der Waals surface area contributed by atoms with Gasteiger partial charge in [0.05, 0.1) is 18.5 Å². The lowest BCUT2D eigenvalue weighted by Gasteiger charge is -2.13. The molecular formula is C23H16N8O2. The van der Waals surface area contributed by atoms with Crippen molar-refractivity contribution >= 4 is 28.4 Å². The van der Waals surface area contributed by atoms with Crippen LogP contribution in [0.5, 0.6) is 5.75 Å². The van der Waals surface area contributed by atoms with Crippen LogP contribution < -0.4 is 21.7 Å². The number of hydrogen-bond donors (Lipinski definition) is 2. The number of anilines is 2. The van der Waals surface area contributed by atoms with Gasteiger partial charge in [0.1, 0.15) is 45.9 Å². The van der Waals surface area contributed by atoms with Gasteiger partial charge in [0.2, 0.25) is 0 Å². The summed E-state index contributed by atoms with van der Waals surface area (Å²) in [5.41, 5.74) is 12.7. The minimum atomic E-state index is -0.579. The van der Waals surface area contributed by atoms with Crippen LogP contribution in [0.2, 0.25) is 0 Å². The molecule has 2 aromatic heterocycles. The third kappa shape index (κ3) is 3.69. The Morgan fingerprint density at radius 3 is 2.27 bits per heavy atom. The third-order valence-electron chi connectivity index (χ3n) is 4.87. The van der Waals surface area contributed by atoms with Crippen molar-refractivity contribution in [2.45, 2.75) is 0 Å². The van der Waals surface area contributed by atoms with Crippen molar-refractivity contribution in [1.29, 1.82) is 10.5 Å². The van der Waals surface area contributed by atoms with Gasteiger partial charge in [0.25, 0.3) is 5.91 Å². The second kappa shape index (κ2) is 8.49. The highest BCUT2D eigenvalue weighted by molar-refractivity contribution is 5.97. The molecule has 0 fully saturated rings. The maximum atomic E-state index is 12.9. The van der Waals surface area contributed by atoms with E-state index in [1.54, 1.807) is 54.6 Å². The second-order valence-electron chi connectivity index (χ2n) is 6.80. The average Bonchev–Trinajstić information content (AvgIpc) is 2.84. The van der Waals surface area contributed by atoms with E-state index >= 15 is 0 Å². The zero-order valence-electron chi connectivity index (χ0n) is 17.4. The molecule has 1 amide bonds. The van der Waals surface area contributed by atoms with Crippen molar-refractivity contribution in [2.75, 3.05) is 18.6 Å². The number of methoxy groups -OCH3 is 1. The fourth-order valence-corrected chi connectivity index (χ4v) is 3.22. The van der Waals surface area contributed by atoms with Gasteiger partial charge in [-0.25, -0.2) is 9.67 Å². The summed E-state index contributed by atoms with van der Waals surface area (Å²) in [5.74, 6) is -0.131. The summed E-state index contributed by atoms with van der Waals surface area (Å²) in [4.78, 5) is 21.2. The van der Waals surface area contributed by atoms with Crippen LogP contribution >= 0.6 is 0 Å². The van der Waals surface area contributed by atoms with Crippen LogP contribution in [0.3, 0.4) is 0 Å². The van der Waals surface area contributed by atoms with Crippen molar-refractivity contribution in [3.05, 3.63) is 76.8 Å². The van der Waals surface area contributed by atoms with E-state index < -0.39 is 5.91 Å². The number of carbonyl (C=O) groups is 1. The lowest BCUT2D eigenvalue weighted by atomic mass is 10.1. The normalized spacial score (nSPS) is 11.1. The summed E-state index contributed by atoms with van der Waals surface area (Å²) in [6, 6.07) is 19.1. The van der Waals surface area contributed by atoms with Crippen LogP contribution in [0.4, 0.5) is 11.5 Å². The number of hydrogen-bond acceptors (Lipinski definition) is 8. The number of aromatic nitrogens is 3. The number of nitriles is 2. The number of nitrogen functional groups attached to an aromatic ring is 2. The molecule has 0 aliphatic carbocycles. The molecule has 160 valence electrons. The molecule has 0 radical (unpaired) electrons. The van der Waals surface area contributed by atoms with Crippen LogP contribution in [0.25, 0.3) is 16.7 Å². The molecule has 4 N–H and O–H groups in total. The Morgan fingerprint density at radius 1 is 1.00 bits per heavy atom. The summed E-state index contributed by atoms with van der Waals surface area (Å²) in [6.07, 6.45) is 0. The van der Waals surface area contributed by atoms with Gasteiger partial charge < -0.3 is 16.2 Å². The van der Waals surface area contributed by atoms with Crippen LogP contribution in [0.1, 0.15) is 21.5 Å². The highest BCUT2D eigenvalue weighted by Gasteiger charge is 2.20. The maximum absolute atomic E-state index is 12.9. The van der Waals surface area contributed by atoms with Gasteiger partial charge in [-0.1, -0.05) is 18.2 Å². The number of fused-ring (bicyclic) bond motifs is 1. The number of nitrogens with two attached hydrogens (primary N) is 2. The molecule has 2 aromatic carbocycles. The first kappa shape index (κ1) is 21.0. The molecule has 10 heteroatoms. The van der Waals surface area contributed by atoms with Crippen molar-refractivity contribution in [3.8, 4) is 23.6 Å². The molecule has 4 aromatic rings. The van der Waals surface area contributed by atoms with Crippen molar-refractivity contribution < 1.29 is 9.53 Å². The number of nitrogens with zero attached hydrogens (tertiary/aromatic N) is 6. The van der Waals surface area contributed by atoms with Gasteiger partial charge in [-0.05, 0) is 36.4 Å². The first-order valence-electron chi connectivity index (χ1n) is 9.59. The fraction of sp³-hybridized carbons (Fsp3) is 0.0435. The van der Waals surface area contributed by atoms with E-state index in [4.69, 9.17) is 16.2 Å². The summed E-state index contributed by atoms with van der Waals surface area (Å²) in [7, 11) is 1.53. The largest absolute Gasteiger partial charge is 0.497 e. The predicted octanol–water partition coefficient (Wildman–Crippen LogP) is 2.08. The number of rotatable bonds is 3. The summed E-state index contributed by atoms with van der Waals surface area (Å²) < 4.78 is 6.50. The van der Waals surface area contributed by atoms with Gasteiger partial charge in [0, 0.05) is 5.56 Å². The first-order valence-corrected chi connectivity index (χ1v) is 9.59. The quantitative estimate of drug-likeness (QED) is 0.492. The van der Waals surface area contributed by atoms with Crippen LogP contribution in [-0.4, -0.2) is 27.8 Å². The maximum Gasteiger partial charge on any atom is 0.279 e. The predicted molar refractivity (Wildman–Crippen MR) is 120 cm³/mol. The van der Waals surface area contributed by atoms with E-state index in [-0.39, 0.29) is 39.2 Å². The summed E-state index contributed by atoms with van der Waals surface area (Å²) in [5, 5.41) is 23.9. The molecule has 0 saturated carbocycles. The number of carbonyl (C=O) groups excluding carboxylic acids is 1. The molecule has 0 aliphatic heterocycles. The zero-order valence-corrected chi connectivity index (χ0v) is 17.4. The molecule has 0 bridgehead atoms. The SMILES string of the molecule is COc1ccc(-n2nc3c(N)c(C#N)c(N)nc3c(C#N)c2=NC(=O)c2ccccc2)cc1. The molecule has 10 nitrogen and oxygen atoms in total. The molecule has 33 heavy (non-hydrogen) atoms. The van der Waals surface area contributed by atoms with E-state index in [0.29, 0.717) is 17.0 Å². The fourth-order valence-electron chi connectivity index (χ4n) is 3.22. The number of pyridine rings is 1. The highest BCUT2D eigenvalue weighted by atomic mass is 16.5. The molecule has 4 rings (SSSR count). The molecule has 2 heterocycles. The lowest BCUT2D eigenvalue weighted by Crippen LogP contribution is -2.28. The van der Waals surface area contributed by atoms with Gasteiger partial charge in [-0.3, -0.25) is 4.79 Å². The monoisotopic (exact) mass is 436 g/mol. The Kier molecular flexibility index (Phi) is 5.41. The zero-order chi connectivity index (χ0) is 23.5. The van der Waals surface area contributed by atoms with Crippen LogP contribution in [0.15, 0.2) is 59.6 Å².